The molecule has 0 unspecified atom stereocenters. The van der Waals surface area contributed by atoms with E-state index >= 15 is 0 Å². The van der Waals surface area contributed by atoms with E-state index in [-0.39, 0.29) is 5.69 Å². The highest BCUT2D eigenvalue weighted by molar-refractivity contribution is 14.1. The van der Waals surface area contributed by atoms with Crippen molar-refractivity contribution in [2.24, 2.45) is 0 Å². The Morgan fingerprint density at radius 2 is 2.00 bits per heavy atom. The molecule has 8 heteroatoms. The maximum Gasteiger partial charge on any atom is 0.295 e. The number of rotatable bonds is 3. The van der Waals surface area contributed by atoms with Crippen LogP contribution in [0.2, 0.25) is 0 Å². The van der Waals surface area contributed by atoms with E-state index in [9.17, 15) is 19.3 Å². The van der Waals surface area contributed by atoms with Crippen LogP contribution in [-0.4, -0.2) is 10.8 Å². The normalized spacial score (nSPS) is 10.2. The zero-order chi connectivity index (χ0) is 15.6. The van der Waals surface area contributed by atoms with Gasteiger partial charge in [-0.15, -0.1) is 0 Å². The summed E-state index contributed by atoms with van der Waals surface area (Å²) in [5.41, 5.74) is -0.220. The standard InChI is InChI=1S/C13H7BrFIN2O3/c14-10-3-2-8(16)6-9(10)13(19)17-11-4-1-7(15)5-12(11)18(20)21/h1-6H,(H,17,19). The Morgan fingerprint density at radius 3 is 2.67 bits per heavy atom. The summed E-state index contributed by atoms with van der Waals surface area (Å²) in [6.45, 7) is 0. The first-order chi connectivity index (χ1) is 9.88. The third-order valence-corrected chi connectivity index (χ3v) is 3.94. The van der Waals surface area contributed by atoms with Crippen LogP contribution in [0.1, 0.15) is 10.4 Å². The van der Waals surface area contributed by atoms with Crippen LogP contribution in [0.25, 0.3) is 0 Å². The van der Waals surface area contributed by atoms with Gasteiger partial charge in [0.05, 0.1) is 16.6 Å². The summed E-state index contributed by atoms with van der Waals surface area (Å²) in [4.78, 5) is 22.3. The minimum absolute atomic E-state index is 0.0582. The summed E-state index contributed by atoms with van der Waals surface area (Å²) in [5.74, 6) is -1.26. The molecule has 2 rings (SSSR count). The van der Waals surface area contributed by atoms with Crippen LogP contribution in [0.4, 0.5) is 15.8 Å². The fourth-order valence-corrected chi connectivity index (χ4v) is 2.54. The number of hydrogen-bond donors (Lipinski definition) is 1. The van der Waals surface area contributed by atoms with Crippen molar-refractivity contribution in [3.63, 3.8) is 0 Å². The third kappa shape index (κ3) is 3.76. The number of nitrogens with one attached hydrogen (secondary N) is 1. The van der Waals surface area contributed by atoms with E-state index in [0.29, 0.717) is 10.0 Å². The predicted octanol–water partition coefficient (Wildman–Crippen LogP) is 4.35. The van der Waals surface area contributed by atoms with Crippen molar-refractivity contribution in [1.82, 2.24) is 0 Å². The lowest BCUT2D eigenvalue weighted by atomic mass is 10.2. The molecule has 0 fully saturated rings. The summed E-state index contributed by atoms with van der Waals surface area (Å²) in [7, 11) is 0. The average Bonchev–Trinajstić information content (AvgIpc) is 2.43. The Morgan fingerprint density at radius 1 is 1.29 bits per heavy atom. The molecule has 0 spiro atoms. The molecule has 5 nitrogen and oxygen atoms in total. The number of carbonyl (C=O) groups is 1. The van der Waals surface area contributed by atoms with E-state index in [4.69, 9.17) is 0 Å². The molecule has 0 saturated carbocycles. The molecular weight excluding hydrogens is 458 g/mol. The van der Waals surface area contributed by atoms with Crippen LogP contribution < -0.4 is 5.32 Å². The Labute approximate surface area is 141 Å². The van der Waals surface area contributed by atoms with Crippen LogP contribution in [0.5, 0.6) is 0 Å². The van der Waals surface area contributed by atoms with Crippen molar-refractivity contribution in [3.05, 3.63) is 65.9 Å². The number of hydrogen-bond acceptors (Lipinski definition) is 3. The highest BCUT2D eigenvalue weighted by Gasteiger charge is 2.19. The zero-order valence-electron chi connectivity index (χ0n) is 10.3. The molecule has 0 aliphatic carbocycles. The third-order valence-electron chi connectivity index (χ3n) is 2.58. The molecule has 0 aliphatic heterocycles. The van der Waals surface area contributed by atoms with Crippen LogP contribution in [0.3, 0.4) is 0 Å². The second-order valence-corrected chi connectivity index (χ2v) is 6.10. The molecule has 0 aliphatic rings. The smallest absolute Gasteiger partial charge is 0.295 e. The molecule has 2 aromatic rings. The van der Waals surface area contributed by atoms with Gasteiger partial charge in [0.25, 0.3) is 11.6 Å². The fourth-order valence-electron chi connectivity index (χ4n) is 1.62. The number of nitrogens with zero attached hydrogens (tertiary/aromatic N) is 1. The highest BCUT2D eigenvalue weighted by Crippen LogP contribution is 2.27. The van der Waals surface area contributed by atoms with Gasteiger partial charge in [-0.2, -0.15) is 0 Å². The lowest BCUT2D eigenvalue weighted by Gasteiger charge is -2.08. The maximum absolute atomic E-state index is 13.1. The number of amides is 1. The number of nitro groups is 1. The summed E-state index contributed by atoms with van der Waals surface area (Å²) in [5, 5.41) is 13.3. The molecule has 1 amide bonds. The molecule has 0 saturated heterocycles. The number of halogens is 3. The second kappa shape index (κ2) is 6.48. The van der Waals surface area contributed by atoms with Gasteiger partial charge in [-0.1, -0.05) is 0 Å². The van der Waals surface area contributed by atoms with Crippen molar-refractivity contribution in [1.29, 1.82) is 0 Å². The molecule has 0 aromatic heterocycles. The summed E-state index contributed by atoms with van der Waals surface area (Å²) in [6, 6.07) is 8.12. The summed E-state index contributed by atoms with van der Waals surface area (Å²) >= 11 is 5.29. The number of nitro benzene ring substituents is 1. The summed E-state index contributed by atoms with van der Waals surface area (Å²) < 4.78 is 14.5. The van der Waals surface area contributed by atoms with Gasteiger partial charge < -0.3 is 5.32 Å². The highest BCUT2D eigenvalue weighted by atomic mass is 127. The van der Waals surface area contributed by atoms with Gasteiger partial charge in [-0.05, 0) is 68.9 Å². The largest absolute Gasteiger partial charge is 0.316 e. The quantitative estimate of drug-likeness (QED) is 0.417. The molecule has 1 N–H and O–H groups in total. The van der Waals surface area contributed by atoms with Crippen molar-refractivity contribution in [2.45, 2.75) is 0 Å². The minimum Gasteiger partial charge on any atom is -0.316 e. The van der Waals surface area contributed by atoms with Crippen molar-refractivity contribution >= 4 is 55.8 Å². The maximum atomic E-state index is 13.1. The molecular formula is C13H7BrFIN2O3. The Hall–Kier alpha value is -1.55. The van der Waals surface area contributed by atoms with E-state index in [1.165, 1.54) is 0 Å². The van der Waals surface area contributed by atoms with E-state index in [1.807, 2.05) is 28.7 Å². The molecule has 0 heterocycles. The predicted molar refractivity (Wildman–Crippen MR) is 87.9 cm³/mol. The first-order valence-electron chi connectivity index (χ1n) is 5.59. The SMILES string of the molecule is O=C(Nc1ccc(F)cc1[N+](=O)[O-])c1cc(I)ccc1Br. The number of carbonyl (C=O) groups excluding carboxylic acids is 1. The number of benzene rings is 2. The van der Waals surface area contributed by atoms with Gasteiger partial charge in [0.15, 0.2) is 0 Å². The average molecular weight is 465 g/mol. The van der Waals surface area contributed by atoms with Gasteiger partial charge in [-0.3, -0.25) is 14.9 Å². The van der Waals surface area contributed by atoms with Crippen LogP contribution in [0, 0.1) is 19.5 Å². The first-order valence-corrected chi connectivity index (χ1v) is 7.46. The monoisotopic (exact) mass is 464 g/mol. The number of anilines is 1. The lowest BCUT2D eigenvalue weighted by Crippen LogP contribution is -2.14. The Bertz CT molecular complexity index is 739. The second-order valence-electron chi connectivity index (χ2n) is 4.00. The van der Waals surface area contributed by atoms with Crippen molar-refractivity contribution in [3.8, 4) is 0 Å². The van der Waals surface area contributed by atoms with Gasteiger partial charge >= 0.3 is 0 Å². The Kier molecular flexibility index (Phi) is 4.88. The first kappa shape index (κ1) is 15.8. The molecule has 0 bridgehead atoms. The topological polar surface area (TPSA) is 72.2 Å². The van der Waals surface area contributed by atoms with Gasteiger partial charge in [-0.25, -0.2) is 4.39 Å². The van der Waals surface area contributed by atoms with Gasteiger partial charge in [0.2, 0.25) is 0 Å². The van der Waals surface area contributed by atoms with Gasteiger partial charge in [0.1, 0.15) is 11.5 Å². The van der Waals surface area contributed by atoms with Gasteiger partial charge in [0, 0.05) is 8.04 Å². The van der Waals surface area contributed by atoms with E-state index in [2.05, 4.69) is 21.2 Å². The van der Waals surface area contributed by atoms with E-state index in [1.54, 1.807) is 12.1 Å². The molecule has 108 valence electrons. The van der Waals surface area contributed by atoms with Crippen LogP contribution >= 0.6 is 38.5 Å². The molecule has 0 radical (unpaired) electrons. The minimum atomic E-state index is -0.748. The van der Waals surface area contributed by atoms with Crippen LogP contribution in [0.15, 0.2) is 40.9 Å². The summed E-state index contributed by atoms with van der Waals surface area (Å²) in [6.07, 6.45) is 0. The van der Waals surface area contributed by atoms with Crippen molar-refractivity contribution < 1.29 is 14.1 Å². The van der Waals surface area contributed by atoms with Crippen LogP contribution in [-0.2, 0) is 0 Å². The molecule has 2 aromatic carbocycles. The zero-order valence-corrected chi connectivity index (χ0v) is 14.0. The Balaban J connectivity index is 2.36. The fraction of sp³-hybridized carbons (Fsp3) is 0. The molecule has 21 heavy (non-hydrogen) atoms. The van der Waals surface area contributed by atoms with E-state index < -0.39 is 22.3 Å². The molecule has 0 atom stereocenters. The van der Waals surface area contributed by atoms with E-state index in [0.717, 1.165) is 21.8 Å². The lowest BCUT2D eigenvalue weighted by molar-refractivity contribution is -0.384. The van der Waals surface area contributed by atoms with Crippen molar-refractivity contribution in [2.75, 3.05) is 5.32 Å².